The lowest BCUT2D eigenvalue weighted by molar-refractivity contribution is 0.0295. The molecule has 0 amide bonds. The molecule has 0 radical (unpaired) electrons. The molecule has 80 valence electrons. The first-order valence-electron chi connectivity index (χ1n) is 4.58. The zero-order valence-electron chi connectivity index (χ0n) is 7.92. The van der Waals surface area contributed by atoms with Crippen molar-refractivity contribution in [2.45, 2.75) is 12.2 Å². The third kappa shape index (κ3) is 1.84. The van der Waals surface area contributed by atoms with Gasteiger partial charge in [0.1, 0.15) is 11.8 Å². The molecule has 4 nitrogen and oxygen atoms in total. The molecule has 15 heavy (non-hydrogen) atoms. The first kappa shape index (κ1) is 10.4. The highest BCUT2D eigenvalue weighted by Gasteiger charge is 2.20. The Balaban J connectivity index is 2.43. The molecule has 2 unspecified atom stereocenters. The van der Waals surface area contributed by atoms with Gasteiger partial charge in [0.05, 0.1) is 23.9 Å². The van der Waals surface area contributed by atoms with Crippen LogP contribution in [-0.4, -0.2) is 31.6 Å². The zero-order valence-corrected chi connectivity index (χ0v) is 8.67. The molecule has 0 aliphatic rings. The molecule has 2 aromatic rings. The third-order valence-corrected chi connectivity index (χ3v) is 2.59. The minimum atomic E-state index is -1.01. The largest absolute Gasteiger partial charge is 0.389 e. The molecule has 0 bridgehead atoms. The lowest BCUT2D eigenvalue weighted by Gasteiger charge is -2.14. The van der Waals surface area contributed by atoms with Crippen LogP contribution in [0.25, 0.3) is 5.65 Å². The van der Waals surface area contributed by atoms with Crippen LogP contribution in [0.2, 0.25) is 0 Å². The van der Waals surface area contributed by atoms with Crippen LogP contribution in [0.4, 0.5) is 0 Å². The fraction of sp³-hybridized carbons (Fsp3) is 0.300. The monoisotopic (exact) mass is 226 g/mol. The maximum atomic E-state index is 9.78. The van der Waals surface area contributed by atoms with Crippen molar-refractivity contribution in [3.05, 3.63) is 36.3 Å². The van der Waals surface area contributed by atoms with Gasteiger partial charge in [-0.15, -0.1) is 11.6 Å². The second-order valence-corrected chi connectivity index (χ2v) is 3.59. The number of nitrogens with zero attached hydrogens (tertiary/aromatic N) is 2. The molecule has 2 heterocycles. The van der Waals surface area contributed by atoms with E-state index >= 15 is 0 Å². The second-order valence-electron chi connectivity index (χ2n) is 3.28. The summed E-state index contributed by atoms with van der Waals surface area (Å²) in [6.07, 6.45) is 1.32. The molecule has 0 aliphatic heterocycles. The predicted molar refractivity (Wildman–Crippen MR) is 56.9 cm³/mol. The number of aliphatic hydroxyl groups is 2. The van der Waals surface area contributed by atoms with Crippen LogP contribution in [0, 0.1) is 0 Å². The van der Waals surface area contributed by atoms with Gasteiger partial charge in [0.25, 0.3) is 0 Å². The quantitative estimate of drug-likeness (QED) is 0.767. The molecule has 0 aromatic carbocycles. The molecule has 0 fully saturated rings. The molecule has 0 saturated carbocycles. The van der Waals surface area contributed by atoms with Gasteiger partial charge in [-0.25, -0.2) is 4.98 Å². The number of alkyl halides is 1. The number of fused-ring (bicyclic) bond motifs is 1. The van der Waals surface area contributed by atoms with Gasteiger partial charge in [-0.2, -0.15) is 0 Å². The number of halogens is 1. The van der Waals surface area contributed by atoms with Crippen LogP contribution in [0.5, 0.6) is 0 Å². The van der Waals surface area contributed by atoms with Gasteiger partial charge < -0.3 is 14.6 Å². The highest BCUT2D eigenvalue weighted by molar-refractivity contribution is 6.18. The Kier molecular flexibility index (Phi) is 2.90. The summed E-state index contributed by atoms with van der Waals surface area (Å²) in [6, 6.07) is 5.51. The van der Waals surface area contributed by atoms with Gasteiger partial charge in [-0.3, -0.25) is 0 Å². The van der Waals surface area contributed by atoms with E-state index in [2.05, 4.69) is 4.98 Å². The van der Waals surface area contributed by atoms with E-state index in [9.17, 15) is 10.2 Å². The van der Waals surface area contributed by atoms with Crippen LogP contribution in [0.3, 0.4) is 0 Å². The fourth-order valence-corrected chi connectivity index (χ4v) is 1.62. The normalized spacial score (nSPS) is 15.4. The average molecular weight is 227 g/mol. The van der Waals surface area contributed by atoms with Crippen LogP contribution in [0.15, 0.2) is 30.6 Å². The van der Waals surface area contributed by atoms with Crippen molar-refractivity contribution >= 4 is 17.2 Å². The van der Waals surface area contributed by atoms with Crippen LogP contribution in [0.1, 0.15) is 11.8 Å². The van der Waals surface area contributed by atoms with Gasteiger partial charge in [0.2, 0.25) is 0 Å². The topological polar surface area (TPSA) is 57.8 Å². The van der Waals surface area contributed by atoms with Gasteiger partial charge in [-0.1, -0.05) is 6.07 Å². The van der Waals surface area contributed by atoms with Gasteiger partial charge in [0, 0.05) is 6.20 Å². The molecule has 5 heteroatoms. The summed E-state index contributed by atoms with van der Waals surface area (Å²) < 4.78 is 1.72. The van der Waals surface area contributed by atoms with Crippen molar-refractivity contribution in [3.63, 3.8) is 0 Å². The van der Waals surface area contributed by atoms with Crippen molar-refractivity contribution in [2.24, 2.45) is 0 Å². The van der Waals surface area contributed by atoms with E-state index in [1.54, 1.807) is 10.6 Å². The van der Waals surface area contributed by atoms with Gasteiger partial charge in [-0.05, 0) is 12.1 Å². The molecule has 2 atom stereocenters. The van der Waals surface area contributed by atoms with Crippen molar-refractivity contribution in [1.82, 2.24) is 9.38 Å². The van der Waals surface area contributed by atoms with Crippen LogP contribution < -0.4 is 0 Å². The van der Waals surface area contributed by atoms with E-state index in [0.717, 1.165) is 5.65 Å². The number of hydrogen-bond acceptors (Lipinski definition) is 3. The molecular formula is C10H11ClN2O2. The number of aliphatic hydroxyl groups excluding tert-OH is 2. The number of rotatable bonds is 3. The summed E-state index contributed by atoms with van der Waals surface area (Å²) in [6.45, 7) is 0. The van der Waals surface area contributed by atoms with E-state index < -0.39 is 12.2 Å². The Hall–Kier alpha value is -1.10. The maximum Gasteiger partial charge on any atom is 0.136 e. The molecule has 0 spiro atoms. The average Bonchev–Trinajstić information content (AvgIpc) is 2.70. The Labute approximate surface area is 91.8 Å². The SMILES string of the molecule is OC(CCl)C(O)c1cnc2ccccn12. The third-order valence-electron chi connectivity index (χ3n) is 2.27. The van der Waals surface area contributed by atoms with Gasteiger partial charge >= 0.3 is 0 Å². The highest BCUT2D eigenvalue weighted by atomic mass is 35.5. The molecule has 2 rings (SSSR count). The summed E-state index contributed by atoms with van der Waals surface area (Å²) in [5.41, 5.74) is 1.27. The van der Waals surface area contributed by atoms with E-state index in [1.165, 1.54) is 6.20 Å². The number of imidazole rings is 1. The van der Waals surface area contributed by atoms with Crippen molar-refractivity contribution in [3.8, 4) is 0 Å². The Bertz CT molecular complexity index is 457. The summed E-state index contributed by atoms with van der Waals surface area (Å²) in [7, 11) is 0. The zero-order chi connectivity index (χ0) is 10.8. The number of aromatic nitrogens is 2. The van der Waals surface area contributed by atoms with E-state index in [1.807, 2.05) is 18.2 Å². The van der Waals surface area contributed by atoms with E-state index in [0.29, 0.717) is 5.69 Å². The first-order chi connectivity index (χ1) is 7.24. The minimum Gasteiger partial charge on any atom is -0.389 e. The highest BCUT2D eigenvalue weighted by Crippen LogP contribution is 2.18. The van der Waals surface area contributed by atoms with Crippen molar-refractivity contribution in [1.29, 1.82) is 0 Å². The van der Waals surface area contributed by atoms with Crippen LogP contribution in [-0.2, 0) is 0 Å². The molecule has 2 aromatic heterocycles. The number of pyridine rings is 1. The summed E-state index contributed by atoms with van der Waals surface area (Å²) in [4.78, 5) is 4.11. The molecule has 0 aliphatic carbocycles. The minimum absolute atomic E-state index is 0.0127. The standard InChI is InChI=1S/C10H11ClN2O2/c11-5-8(14)10(15)7-6-12-9-3-1-2-4-13(7)9/h1-4,6,8,10,14-15H,5H2. The second kappa shape index (κ2) is 4.18. The van der Waals surface area contributed by atoms with E-state index in [-0.39, 0.29) is 5.88 Å². The fourth-order valence-electron chi connectivity index (χ4n) is 1.45. The Morgan fingerprint density at radius 1 is 1.40 bits per heavy atom. The molecule has 0 saturated heterocycles. The van der Waals surface area contributed by atoms with E-state index in [4.69, 9.17) is 11.6 Å². The first-order valence-corrected chi connectivity index (χ1v) is 5.11. The summed E-state index contributed by atoms with van der Waals surface area (Å²) >= 11 is 5.48. The molecule has 2 N–H and O–H groups in total. The smallest absolute Gasteiger partial charge is 0.136 e. The number of hydrogen-bond donors (Lipinski definition) is 2. The lowest BCUT2D eigenvalue weighted by atomic mass is 10.2. The maximum absolute atomic E-state index is 9.78. The Morgan fingerprint density at radius 3 is 2.93 bits per heavy atom. The molecular weight excluding hydrogens is 216 g/mol. The Morgan fingerprint density at radius 2 is 2.20 bits per heavy atom. The lowest BCUT2D eigenvalue weighted by Crippen LogP contribution is -2.20. The predicted octanol–water partition coefficient (Wildman–Crippen LogP) is 0.967. The summed E-state index contributed by atoms with van der Waals surface area (Å²) in [5.74, 6) is -0.0127. The van der Waals surface area contributed by atoms with Crippen molar-refractivity contribution in [2.75, 3.05) is 5.88 Å². The summed E-state index contributed by atoms with van der Waals surface area (Å²) in [5, 5.41) is 19.2. The van der Waals surface area contributed by atoms with Crippen molar-refractivity contribution < 1.29 is 10.2 Å². The van der Waals surface area contributed by atoms with Crippen LogP contribution >= 0.6 is 11.6 Å². The van der Waals surface area contributed by atoms with Gasteiger partial charge in [0.15, 0.2) is 0 Å².